The highest BCUT2D eigenvalue weighted by Crippen LogP contribution is 2.25. The second-order valence-electron chi connectivity index (χ2n) is 4.67. The summed E-state index contributed by atoms with van der Waals surface area (Å²) in [5, 5.41) is 4.40. The van der Waals surface area contributed by atoms with E-state index in [1.54, 1.807) is 10.7 Å². The number of nitrogens with two attached hydrogens (primary N) is 1. The number of hydrogen-bond donors (Lipinski definition) is 1. The second kappa shape index (κ2) is 4.53. The first kappa shape index (κ1) is 12.8. The lowest BCUT2D eigenvalue weighted by molar-refractivity contribution is 0.599. The lowest BCUT2D eigenvalue weighted by atomic mass is 10.1. The number of halogens is 1. The van der Waals surface area contributed by atoms with E-state index in [4.69, 9.17) is 5.73 Å². The molecular weight excluding hydrogens is 229 g/mol. The monoisotopic (exact) mass is 247 g/mol. The van der Waals surface area contributed by atoms with Crippen molar-refractivity contribution < 1.29 is 4.39 Å². The van der Waals surface area contributed by atoms with Crippen LogP contribution in [0.15, 0.2) is 18.2 Å². The van der Waals surface area contributed by atoms with Crippen LogP contribution >= 0.6 is 0 Å². The van der Waals surface area contributed by atoms with Crippen molar-refractivity contribution in [3.8, 4) is 5.69 Å². The molecule has 96 valence electrons. The van der Waals surface area contributed by atoms with Crippen molar-refractivity contribution in [2.45, 2.75) is 33.7 Å². The average molecular weight is 247 g/mol. The number of para-hydroxylation sites is 1. The summed E-state index contributed by atoms with van der Waals surface area (Å²) >= 11 is 0. The van der Waals surface area contributed by atoms with Crippen molar-refractivity contribution in [1.82, 2.24) is 9.78 Å². The zero-order chi connectivity index (χ0) is 13.4. The Hall–Kier alpha value is -1.68. The molecule has 0 aliphatic rings. The third-order valence-electron chi connectivity index (χ3n) is 3.37. The molecule has 0 aliphatic carbocycles. The minimum atomic E-state index is -0.296. The summed E-state index contributed by atoms with van der Waals surface area (Å²) in [6.07, 6.45) is 0. The summed E-state index contributed by atoms with van der Waals surface area (Å²) in [6.45, 7) is 7.69. The van der Waals surface area contributed by atoms with Gasteiger partial charge in [0.2, 0.25) is 0 Å². The Kier molecular flexibility index (Phi) is 3.22. The van der Waals surface area contributed by atoms with Crippen LogP contribution in [0.1, 0.15) is 35.5 Å². The van der Waals surface area contributed by atoms with Crippen molar-refractivity contribution in [2.24, 2.45) is 5.73 Å². The van der Waals surface area contributed by atoms with E-state index < -0.39 is 0 Å². The van der Waals surface area contributed by atoms with Gasteiger partial charge in [-0.2, -0.15) is 5.10 Å². The molecule has 0 amide bonds. The molecule has 1 aromatic heterocycles. The molecule has 0 aliphatic heterocycles. The molecule has 2 aromatic rings. The summed E-state index contributed by atoms with van der Waals surface area (Å²) in [4.78, 5) is 0. The fourth-order valence-electron chi connectivity index (χ4n) is 2.06. The van der Waals surface area contributed by atoms with Crippen molar-refractivity contribution >= 4 is 0 Å². The van der Waals surface area contributed by atoms with Gasteiger partial charge in [0, 0.05) is 11.7 Å². The van der Waals surface area contributed by atoms with E-state index in [0.29, 0.717) is 5.69 Å². The van der Waals surface area contributed by atoms with Crippen LogP contribution in [-0.4, -0.2) is 9.78 Å². The largest absolute Gasteiger partial charge is 0.324 e. The SMILES string of the molecule is Cc1nn(-c2c(F)cccc2[C@H](C)N)c(C)c1C. The number of aromatic nitrogens is 2. The molecule has 0 bridgehead atoms. The highest BCUT2D eigenvalue weighted by atomic mass is 19.1. The highest BCUT2D eigenvalue weighted by molar-refractivity contribution is 5.46. The predicted octanol–water partition coefficient (Wildman–Crippen LogP) is 2.96. The fourth-order valence-corrected chi connectivity index (χ4v) is 2.06. The molecule has 0 fully saturated rings. The van der Waals surface area contributed by atoms with Gasteiger partial charge in [0.1, 0.15) is 11.5 Å². The smallest absolute Gasteiger partial charge is 0.149 e. The molecule has 1 atom stereocenters. The van der Waals surface area contributed by atoms with Crippen LogP contribution in [0.5, 0.6) is 0 Å². The number of hydrogen-bond acceptors (Lipinski definition) is 2. The minimum absolute atomic E-state index is 0.236. The summed E-state index contributed by atoms with van der Waals surface area (Å²) in [7, 11) is 0. The van der Waals surface area contributed by atoms with Gasteiger partial charge in [-0.1, -0.05) is 12.1 Å². The molecule has 4 heteroatoms. The lowest BCUT2D eigenvalue weighted by Gasteiger charge is -2.15. The standard InChI is InChI=1S/C14H18FN3/c1-8-10(3)17-18(11(8)4)14-12(9(2)16)6-5-7-13(14)15/h5-7,9H,16H2,1-4H3/t9-/m0/s1. The van der Waals surface area contributed by atoms with Crippen LogP contribution in [0.4, 0.5) is 4.39 Å². The first-order valence-corrected chi connectivity index (χ1v) is 6.00. The van der Waals surface area contributed by atoms with E-state index in [1.165, 1.54) is 6.07 Å². The zero-order valence-electron chi connectivity index (χ0n) is 11.2. The molecule has 0 saturated heterocycles. The molecule has 3 nitrogen and oxygen atoms in total. The van der Waals surface area contributed by atoms with Crippen molar-refractivity contribution in [1.29, 1.82) is 0 Å². The Morgan fingerprint density at radius 2 is 1.94 bits per heavy atom. The number of aryl methyl sites for hydroxylation is 1. The maximum Gasteiger partial charge on any atom is 0.149 e. The second-order valence-corrected chi connectivity index (χ2v) is 4.67. The maximum absolute atomic E-state index is 14.1. The Bertz CT molecular complexity index is 585. The van der Waals surface area contributed by atoms with E-state index in [0.717, 1.165) is 22.5 Å². The normalized spacial score (nSPS) is 12.8. The topological polar surface area (TPSA) is 43.8 Å². The molecule has 2 N–H and O–H groups in total. The number of rotatable bonds is 2. The first-order valence-electron chi connectivity index (χ1n) is 6.00. The first-order chi connectivity index (χ1) is 8.43. The number of nitrogens with zero attached hydrogens (tertiary/aromatic N) is 2. The van der Waals surface area contributed by atoms with Gasteiger partial charge in [0.25, 0.3) is 0 Å². The van der Waals surface area contributed by atoms with Gasteiger partial charge in [0.05, 0.1) is 5.69 Å². The summed E-state index contributed by atoms with van der Waals surface area (Å²) in [6, 6.07) is 4.72. The fraction of sp³-hybridized carbons (Fsp3) is 0.357. The molecule has 1 heterocycles. The van der Waals surface area contributed by atoms with E-state index in [1.807, 2.05) is 33.8 Å². The maximum atomic E-state index is 14.1. The van der Waals surface area contributed by atoms with Gasteiger partial charge < -0.3 is 5.73 Å². The molecule has 0 saturated carbocycles. The zero-order valence-corrected chi connectivity index (χ0v) is 11.2. The Labute approximate surface area is 106 Å². The molecule has 2 rings (SSSR count). The van der Waals surface area contributed by atoms with Gasteiger partial charge in [-0.3, -0.25) is 0 Å². The van der Waals surface area contributed by atoms with Crippen molar-refractivity contribution in [2.75, 3.05) is 0 Å². The van der Waals surface area contributed by atoms with Crippen LogP contribution in [0.25, 0.3) is 5.69 Å². The Balaban J connectivity index is 2.74. The molecule has 18 heavy (non-hydrogen) atoms. The van der Waals surface area contributed by atoms with Crippen LogP contribution in [-0.2, 0) is 0 Å². The predicted molar refractivity (Wildman–Crippen MR) is 70.3 cm³/mol. The molecule has 0 radical (unpaired) electrons. The molecule has 1 aromatic carbocycles. The van der Waals surface area contributed by atoms with E-state index in [-0.39, 0.29) is 11.9 Å². The van der Waals surface area contributed by atoms with Gasteiger partial charge >= 0.3 is 0 Å². The quantitative estimate of drug-likeness (QED) is 0.886. The summed E-state index contributed by atoms with van der Waals surface area (Å²) in [5.41, 5.74) is 10.1. The van der Waals surface area contributed by atoms with Gasteiger partial charge in [-0.25, -0.2) is 9.07 Å². The van der Waals surface area contributed by atoms with Crippen molar-refractivity contribution in [3.63, 3.8) is 0 Å². The molecule has 0 spiro atoms. The van der Waals surface area contributed by atoms with Gasteiger partial charge in [-0.15, -0.1) is 0 Å². The molecular formula is C14H18FN3. The molecule has 0 unspecified atom stereocenters. The lowest BCUT2D eigenvalue weighted by Crippen LogP contribution is -2.13. The van der Waals surface area contributed by atoms with Crippen LogP contribution in [0, 0.1) is 26.6 Å². The minimum Gasteiger partial charge on any atom is -0.324 e. The van der Waals surface area contributed by atoms with E-state index in [2.05, 4.69) is 5.10 Å². The van der Waals surface area contributed by atoms with Gasteiger partial charge in [-0.05, 0) is 44.9 Å². The van der Waals surface area contributed by atoms with Crippen LogP contribution in [0.3, 0.4) is 0 Å². The third-order valence-corrected chi connectivity index (χ3v) is 3.37. The Morgan fingerprint density at radius 3 is 2.44 bits per heavy atom. The van der Waals surface area contributed by atoms with Crippen LogP contribution in [0.2, 0.25) is 0 Å². The van der Waals surface area contributed by atoms with Crippen LogP contribution < -0.4 is 5.73 Å². The summed E-state index contributed by atoms with van der Waals surface area (Å²) < 4.78 is 15.8. The van der Waals surface area contributed by atoms with E-state index in [9.17, 15) is 4.39 Å². The van der Waals surface area contributed by atoms with Gasteiger partial charge in [0.15, 0.2) is 0 Å². The Morgan fingerprint density at radius 1 is 1.28 bits per heavy atom. The average Bonchev–Trinajstić information content (AvgIpc) is 2.56. The van der Waals surface area contributed by atoms with Crippen molar-refractivity contribution in [3.05, 3.63) is 46.5 Å². The number of benzene rings is 1. The third kappa shape index (κ3) is 1.93. The summed E-state index contributed by atoms with van der Waals surface area (Å²) in [5.74, 6) is -0.296. The highest BCUT2D eigenvalue weighted by Gasteiger charge is 2.17. The van der Waals surface area contributed by atoms with E-state index >= 15 is 0 Å².